The molecule has 0 aromatic heterocycles. The Morgan fingerprint density at radius 1 is 0.639 bits per heavy atom. The van der Waals surface area contributed by atoms with Crippen LogP contribution in [-0.4, -0.2) is 77.0 Å². The minimum Gasteiger partial charge on any atom is -0.381 e. The van der Waals surface area contributed by atoms with Gasteiger partial charge in [-0.3, -0.25) is 0 Å². The summed E-state index contributed by atoms with van der Waals surface area (Å²) in [6, 6.07) is -0.482. The Morgan fingerprint density at radius 2 is 1.08 bits per heavy atom. The Kier molecular flexibility index (Phi) is 10.1. The van der Waals surface area contributed by atoms with Crippen LogP contribution in [0, 0.1) is 35.5 Å². The molecule has 3 unspecified atom stereocenters. The van der Waals surface area contributed by atoms with E-state index in [4.69, 9.17) is 39.4 Å². The summed E-state index contributed by atoms with van der Waals surface area (Å²) in [6.45, 7) is 22.3. The maximum Gasteiger partial charge on any atom is 0.109 e. The molecule has 0 bridgehead atoms. The van der Waals surface area contributed by atoms with Gasteiger partial charge in [0, 0.05) is 25.2 Å². The first-order valence-corrected chi connectivity index (χ1v) is 14.5. The number of hydrogen-bond acceptors (Lipinski definition) is 5. The average molecular weight is 502 g/mol. The van der Waals surface area contributed by atoms with Crippen LogP contribution in [0.5, 0.6) is 0 Å². The largest absolute Gasteiger partial charge is 0.381 e. The Balaban J connectivity index is 1.49. The highest BCUT2D eigenvalue weighted by atomic mass is 16.6. The van der Waals surface area contributed by atoms with Crippen LogP contribution in [0.4, 0.5) is 0 Å². The fourth-order valence-corrected chi connectivity index (χ4v) is 7.62. The summed E-state index contributed by atoms with van der Waals surface area (Å²) >= 11 is 0. The lowest BCUT2D eigenvalue weighted by atomic mass is 9.74. The van der Waals surface area contributed by atoms with E-state index >= 15 is 0 Å². The second-order valence-corrected chi connectivity index (χ2v) is 12.8. The zero-order valence-electron chi connectivity index (χ0n) is 24.5. The number of ether oxygens (including phenoxy) is 5. The summed E-state index contributed by atoms with van der Waals surface area (Å²) in [5, 5.41) is 0. The maximum absolute atomic E-state index is 6.36. The van der Waals surface area contributed by atoms with Gasteiger partial charge in [-0.15, -0.1) is 0 Å². The van der Waals surface area contributed by atoms with E-state index in [0.29, 0.717) is 50.1 Å². The molecule has 3 aliphatic heterocycles. The molecule has 0 aromatic carbocycles. The molecule has 7 heteroatoms. The third-order valence-corrected chi connectivity index (χ3v) is 10.4. The molecule has 0 aliphatic carbocycles. The SMILES string of the molecule is [B][C@@H]1O[C@](C)(CC)C(CCOC[C@@]2(C)O[C@@H]([B])[C@@H](C)C2CCOC[C@@]2(C)O[C@@H](C)[C@@H](C)C2CC)[C@@H]1C. The van der Waals surface area contributed by atoms with Gasteiger partial charge in [0.1, 0.15) is 15.7 Å². The highest BCUT2D eigenvalue weighted by molar-refractivity contribution is 6.11. The van der Waals surface area contributed by atoms with E-state index in [0.717, 1.165) is 25.7 Å². The molecule has 3 heterocycles. The summed E-state index contributed by atoms with van der Waals surface area (Å²) < 4.78 is 31.2. The summed E-state index contributed by atoms with van der Waals surface area (Å²) in [5.74, 6) is 2.29. The van der Waals surface area contributed by atoms with E-state index < -0.39 is 5.60 Å². The zero-order chi connectivity index (χ0) is 26.9. The standard InChI is InChI=1S/C29H52B2O5/c1-10-22-18(3)21(6)34-28(22,8)16-32-15-13-24-20(5)26(31)36-29(24,9)17-33-14-12-23-19(4)25(30)35-27(23,7)11-2/h18-26H,10-17H2,1-9H3/t18-,19+,20+,21+,22?,23?,24?,25-,26-,27-,28-,29-/m1/s1. The quantitative estimate of drug-likeness (QED) is 0.274. The van der Waals surface area contributed by atoms with Gasteiger partial charge in [0.15, 0.2) is 0 Å². The van der Waals surface area contributed by atoms with E-state index in [1.807, 2.05) is 0 Å². The smallest absolute Gasteiger partial charge is 0.109 e. The Bertz CT molecular complexity index is 711. The predicted molar refractivity (Wildman–Crippen MR) is 146 cm³/mol. The molecule has 3 saturated heterocycles. The minimum atomic E-state index is -0.423. The van der Waals surface area contributed by atoms with Crippen LogP contribution in [-0.2, 0) is 23.7 Å². The Labute approximate surface area is 224 Å². The highest BCUT2D eigenvalue weighted by Crippen LogP contribution is 2.45. The van der Waals surface area contributed by atoms with Crippen LogP contribution in [0.15, 0.2) is 0 Å². The van der Waals surface area contributed by atoms with Crippen molar-refractivity contribution in [3.63, 3.8) is 0 Å². The van der Waals surface area contributed by atoms with Gasteiger partial charge >= 0.3 is 0 Å². The van der Waals surface area contributed by atoms with Crippen LogP contribution in [0.25, 0.3) is 0 Å². The van der Waals surface area contributed by atoms with Crippen LogP contribution < -0.4 is 0 Å². The van der Waals surface area contributed by atoms with Crippen LogP contribution >= 0.6 is 0 Å². The van der Waals surface area contributed by atoms with E-state index in [-0.39, 0.29) is 41.1 Å². The summed E-state index contributed by atoms with van der Waals surface area (Å²) in [7, 11) is 12.6. The molecule has 0 N–H and O–H groups in total. The molecule has 204 valence electrons. The van der Waals surface area contributed by atoms with E-state index in [1.54, 1.807) is 0 Å². The predicted octanol–water partition coefficient (Wildman–Crippen LogP) is 5.12. The van der Waals surface area contributed by atoms with Gasteiger partial charge in [-0.25, -0.2) is 0 Å². The fourth-order valence-electron chi connectivity index (χ4n) is 7.62. The highest BCUT2D eigenvalue weighted by Gasteiger charge is 2.50. The monoisotopic (exact) mass is 502 g/mol. The molecule has 3 fully saturated rings. The van der Waals surface area contributed by atoms with Crippen molar-refractivity contribution in [1.82, 2.24) is 0 Å². The second kappa shape index (κ2) is 12.0. The Morgan fingerprint density at radius 3 is 1.56 bits per heavy atom. The second-order valence-electron chi connectivity index (χ2n) is 12.8. The van der Waals surface area contributed by atoms with Crippen molar-refractivity contribution in [2.75, 3.05) is 26.4 Å². The van der Waals surface area contributed by atoms with Crippen molar-refractivity contribution < 1.29 is 23.7 Å². The topological polar surface area (TPSA) is 46.2 Å². The van der Waals surface area contributed by atoms with Gasteiger partial charge in [-0.2, -0.15) is 0 Å². The molecule has 5 nitrogen and oxygen atoms in total. The zero-order valence-corrected chi connectivity index (χ0v) is 24.5. The van der Waals surface area contributed by atoms with Crippen molar-refractivity contribution >= 4 is 15.7 Å². The molecule has 4 radical (unpaired) electrons. The van der Waals surface area contributed by atoms with Crippen molar-refractivity contribution in [2.45, 2.75) is 123 Å². The molecule has 0 saturated carbocycles. The van der Waals surface area contributed by atoms with Gasteiger partial charge in [0.2, 0.25) is 0 Å². The normalized spacial score (nSPS) is 49.2. The first-order chi connectivity index (χ1) is 16.8. The maximum atomic E-state index is 6.36. The lowest BCUT2D eigenvalue weighted by Crippen LogP contribution is -2.41. The summed E-state index contributed by atoms with van der Waals surface area (Å²) in [6.07, 6.45) is 4.15. The first-order valence-electron chi connectivity index (χ1n) is 14.5. The number of hydrogen-bond donors (Lipinski definition) is 0. The van der Waals surface area contributed by atoms with Gasteiger partial charge < -0.3 is 23.7 Å². The molecule has 0 aromatic rings. The van der Waals surface area contributed by atoms with Crippen molar-refractivity contribution in [1.29, 1.82) is 0 Å². The first kappa shape index (κ1) is 30.5. The third kappa shape index (κ3) is 6.06. The van der Waals surface area contributed by atoms with E-state index in [9.17, 15) is 0 Å². The molecule has 36 heavy (non-hydrogen) atoms. The van der Waals surface area contributed by atoms with Crippen molar-refractivity contribution in [2.24, 2.45) is 35.5 Å². The van der Waals surface area contributed by atoms with Crippen LogP contribution in [0.3, 0.4) is 0 Å². The van der Waals surface area contributed by atoms with E-state index in [2.05, 4.69) is 62.3 Å². The van der Waals surface area contributed by atoms with Crippen molar-refractivity contribution in [3.05, 3.63) is 0 Å². The molecule has 0 spiro atoms. The molecule has 3 aliphatic rings. The summed E-state index contributed by atoms with van der Waals surface area (Å²) in [4.78, 5) is 0. The molecular weight excluding hydrogens is 450 g/mol. The van der Waals surface area contributed by atoms with Gasteiger partial charge in [0.05, 0.1) is 36.1 Å². The molecular formula is C29H52B2O5. The molecule has 3 rings (SSSR count). The van der Waals surface area contributed by atoms with E-state index in [1.165, 1.54) is 0 Å². The van der Waals surface area contributed by atoms with Crippen LogP contribution in [0.2, 0.25) is 0 Å². The lowest BCUT2D eigenvalue weighted by Gasteiger charge is -2.34. The van der Waals surface area contributed by atoms with Gasteiger partial charge in [-0.1, -0.05) is 41.0 Å². The summed E-state index contributed by atoms with van der Waals surface area (Å²) in [5.41, 5.74) is -0.823. The average Bonchev–Trinajstić information content (AvgIpc) is 3.27. The minimum absolute atomic E-state index is 0.182. The van der Waals surface area contributed by atoms with Crippen LogP contribution in [0.1, 0.15) is 88.0 Å². The number of rotatable bonds is 12. The molecule has 0 amide bonds. The third-order valence-electron chi connectivity index (χ3n) is 10.4. The lowest BCUT2D eigenvalue weighted by molar-refractivity contribution is -0.103. The van der Waals surface area contributed by atoms with Crippen molar-refractivity contribution in [3.8, 4) is 0 Å². The van der Waals surface area contributed by atoms with Gasteiger partial charge in [0.25, 0.3) is 0 Å². The fraction of sp³-hybridized carbons (Fsp3) is 1.00. The molecule has 12 atom stereocenters. The van der Waals surface area contributed by atoms with Gasteiger partial charge in [-0.05, 0) is 82.5 Å². The Hall–Kier alpha value is -0.0701.